The molecule has 2 aromatic rings. The molecule has 0 fully saturated rings. The molecule has 1 heterocycles. The first kappa shape index (κ1) is 14.1. The highest BCUT2D eigenvalue weighted by atomic mass is 16.5. The molecule has 0 aliphatic heterocycles. The van der Waals surface area contributed by atoms with Crippen LogP contribution < -0.4 is 14.2 Å². The molecule has 1 atom stereocenters. The monoisotopic (exact) mass is 276 g/mol. The Morgan fingerprint density at radius 2 is 1.45 bits per heavy atom. The lowest BCUT2D eigenvalue weighted by Crippen LogP contribution is -2.09. The van der Waals surface area contributed by atoms with Crippen LogP contribution >= 0.6 is 0 Å². The highest BCUT2D eigenvalue weighted by molar-refractivity contribution is 5.43. The van der Waals surface area contributed by atoms with Crippen molar-refractivity contribution in [3.8, 4) is 17.8 Å². The molecule has 106 valence electrons. The van der Waals surface area contributed by atoms with Crippen LogP contribution in [-0.2, 0) is 0 Å². The van der Waals surface area contributed by atoms with E-state index in [2.05, 4.69) is 9.97 Å². The zero-order chi connectivity index (χ0) is 14.5. The van der Waals surface area contributed by atoms with E-state index in [0.717, 1.165) is 0 Å². The molecule has 0 saturated carbocycles. The van der Waals surface area contributed by atoms with E-state index in [0.29, 0.717) is 11.1 Å². The Morgan fingerprint density at radius 1 is 0.900 bits per heavy atom. The summed E-state index contributed by atoms with van der Waals surface area (Å²) in [7, 11) is 4.37. The fourth-order valence-electron chi connectivity index (χ4n) is 1.85. The Bertz CT molecular complexity index is 550. The van der Waals surface area contributed by atoms with E-state index in [1.54, 1.807) is 12.1 Å². The van der Waals surface area contributed by atoms with Gasteiger partial charge in [0, 0.05) is 0 Å². The predicted octanol–water partition coefficient (Wildman–Crippen LogP) is 1.58. The van der Waals surface area contributed by atoms with E-state index in [1.165, 1.54) is 21.3 Å². The van der Waals surface area contributed by atoms with Crippen molar-refractivity contribution < 1.29 is 19.3 Å². The van der Waals surface area contributed by atoms with Crippen LogP contribution in [0.3, 0.4) is 0 Å². The Morgan fingerprint density at radius 3 is 1.90 bits per heavy atom. The molecular formula is C14H16N2O4. The van der Waals surface area contributed by atoms with Gasteiger partial charge in [0.2, 0.25) is 11.8 Å². The second-order valence-electron chi connectivity index (χ2n) is 3.96. The van der Waals surface area contributed by atoms with Crippen LogP contribution in [0, 0.1) is 0 Å². The van der Waals surface area contributed by atoms with E-state index < -0.39 is 6.10 Å². The van der Waals surface area contributed by atoms with Crippen molar-refractivity contribution in [1.82, 2.24) is 9.97 Å². The number of aliphatic hydroxyl groups excluding tert-OH is 1. The van der Waals surface area contributed by atoms with Gasteiger partial charge in [0.1, 0.15) is 11.7 Å². The van der Waals surface area contributed by atoms with Gasteiger partial charge >= 0.3 is 6.01 Å². The number of aromatic nitrogens is 2. The maximum atomic E-state index is 10.5. The van der Waals surface area contributed by atoms with Crippen molar-refractivity contribution in [1.29, 1.82) is 0 Å². The Hall–Kier alpha value is -2.34. The number of benzene rings is 1. The van der Waals surface area contributed by atoms with Gasteiger partial charge in [0.15, 0.2) is 0 Å². The van der Waals surface area contributed by atoms with Gasteiger partial charge in [-0.2, -0.15) is 9.97 Å². The van der Waals surface area contributed by atoms with Crippen LogP contribution in [0.25, 0.3) is 0 Å². The first-order valence-corrected chi connectivity index (χ1v) is 5.98. The molecule has 0 aliphatic carbocycles. The summed E-state index contributed by atoms with van der Waals surface area (Å²) in [4.78, 5) is 8.14. The predicted molar refractivity (Wildman–Crippen MR) is 72.2 cm³/mol. The second-order valence-corrected chi connectivity index (χ2v) is 3.96. The van der Waals surface area contributed by atoms with Crippen LogP contribution in [0.4, 0.5) is 0 Å². The number of nitrogens with zero attached hydrogens (tertiary/aromatic N) is 2. The largest absolute Gasteiger partial charge is 0.480 e. The molecule has 1 unspecified atom stereocenters. The molecule has 0 radical (unpaired) electrons. The van der Waals surface area contributed by atoms with Crippen molar-refractivity contribution in [2.24, 2.45) is 0 Å². The van der Waals surface area contributed by atoms with Gasteiger partial charge in [-0.25, -0.2) is 0 Å². The fourth-order valence-corrected chi connectivity index (χ4v) is 1.85. The first-order valence-electron chi connectivity index (χ1n) is 5.98. The Labute approximate surface area is 117 Å². The molecule has 0 aliphatic rings. The molecule has 0 spiro atoms. The molecule has 0 amide bonds. The number of hydrogen-bond acceptors (Lipinski definition) is 6. The van der Waals surface area contributed by atoms with Gasteiger partial charge in [0.05, 0.1) is 21.3 Å². The lowest BCUT2D eigenvalue weighted by atomic mass is 10.0. The minimum absolute atomic E-state index is 0.114. The average Bonchev–Trinajstić information content (AvgIpc) is 2.53. The van der Waals surface area contributed by atoms with Crippen LogP contribution in [0.5, 0.6) is 17.8 Å². The van der Waals surface area contributed by atoms with Crippen molar-refractivity contribution in [2.45, 2.75) is 6.10 Å². The summed E-state index contributed by atoms with van der Waals surface area (Å²) in [6, 6.07) is 9.25. The highest BCUT2D eigenvalue weighted by Crippen LogP contribution is 2.36. The molecular weight excluding hydrogens is 260 g/mol. The van der Waals surface area contributed by atoms with Gasteiger partial charge in [-0.3, -0.25) is 0 Å². The van der Waals surface area contributed by atoms with Gasteiger partial charge in [0.25, 0.3) is 0 Å². The molecule has 20 heavy (non-hydrogen) atoms. The Kier molecular flexibility index (Phi) is 4.37. The third kappa shape index (κ3) is 2.65. The summed E-state index contributed by atoms with van der Waals surface area (Å²) in [6.45, 7) is 0. The molecule has 0 saturated heterocycles. The van der Waals surface area contributed by atoms with Crippen LogP contribution in [0.15, 0.2) is 30.3 Å². The molecule has 0 bridgehead atoms. The summed E-state index contributed by atoms with van der Waals surface area (Å²) in [5.41, 5.74) is 1.06. The molecule has 6 heteroatoms. The van der Waals surface area contributed by atoms with Crippen LogP contribution in [0.1, 0.15) is 17.2 Å². The van der Waals surface area contributed by atoms with E-state index in [4.69, 9.17) is 14.2 Å². The molecule has 1 N–H and O–H groups in total. The minimum atomic E-state index is -0.952. The SMILES string of the molecule is COc1nc(OC)c(C(O)c2ccccc2)c(OC)n1. The van der Waals surface area contributed by atoms with Gasteiger partial charge in [-0.05, 0) is 5.56 Å². The van der Waals surface area contributed by atoms with Crippen LogP contribution in [0.2, 0.25) is 0 Å². The maximum absolute atomic E-state index is 10.5. The summed E-state index contributed by atoms with van der Waals surface area (Å²) < 4.78 is 15.4. The number of methoxy groups -OCH3 is 3. The van der Waals surface area contributed by atoms with Crippen molar-refractivity contribution >= 4 is 0 Å². The summed E-state index contributed by atoms with van der Waals surface area (Å²) in [5, 5.41) is 10.5. The number of aliphatic hydroxyl groups is 1. The highest BCUT2D eigenvalue weighted by Gasteiger charge is 2.24. The Balaban J connectivity index is 2.54. The third-order valence-corrected chi connectivity index (χ3v) is 2.81. The molecule has 1 aromatic carbocycles. The topological polar surface area (TPSA) is 73.7 Å². The normalized spacial score (nSPS) is 11.8. The second kappa shape index (κ2) is 6.21. The molecule has 1 aromatic heterocycles. The zero-order valence-corrected chi connectivity index (χ0v) is 11.5. The van der Waals surface area contributed by atoms with Gasteiger partial charge < -0.3 is 19.3 Å². The summed E-state index contributed by atoms with van der Waals surface area (Å²) in [5.74, 6) is 0.426. The van der Waals surface area contributed by atoms with Crippen molar-refractivity contribution in [2.75, 3.05) is 21.3 Å². The number of rotatable bonds is 5. The van der Waals surface area contributed by atoms with E-state index in [9.17, 15) is 5.11 Å². The summed E-state index contributed by atoms with van der Waals surface area (Å²) >= 11 is 0. The maximum Gasteiger partial charge on any atom is 0.322 e. The van der Waals surface area contributed by atoms with Gasteiger partial charge in [-0.15, -0.1) is 0 Å². The summed E-state index contributed by atoms with van der Waals surface area (Å²) in [6.07, 6.45) is -0.952. The first-order chi connectivity index (χ1) is 9.71. The minimum Gasteiger partial charge on any atom is -0.480 e. The quantitative estimate of drug-likeness (QED) is 0.894. The van der Waals surface area contributed by atoms with E-state index in [1.807, 2.05) is 18.2 Å². The smallest absolute Gasteiger partial charge is 0.322 e. The lowest BCUT2D eigenvalue weighted by molar-refractivity contribution is 0.203. The van der Waals surface area contributed by atoms with Crippen molar-refractivity contribution in [3.05, 3.63) is 41.5 Å². The van der Waals surface area contributed by atoms with Crippen molar-refractivity contribution in [3.63, 3.8) is 0 Å². The molecule has 6 nitrogen and oxygen atoms in total. The number of ether oxygens (including phenoxy) is 3. The molecule has 2 rings (SSSR count). The van der Waals surface area contributed by atoms with Gasteiger partial charge in [-0.1, -0.05) is 30.3 Å². The van der Waals surface area contributed by atoms with E-state index >= 15 is 0 Å². The average molecular weight is 276 g/mol. The lowest BCUT2D eigenvalue weighted by Gasteiger charge is -2.17. The van der Waals surface area contributed by atoms with E-state index in [-0.39, 0.29) is 17.8 Å². The third-order valence-electron chi connectivity index (χ3n) is 2.81. The van der Waals surface area contributed by atoms with Crippen LogP contribution in [-0.4, -0.2) is 36.4 Å². The number of hydrogen-bond donors (Lipinski definition) is 1. The zero-order valence-electron chi connectivity index (χ0n) is 11.5. The standard InChI is InChI=1S/C14H16N2O4/c1-18-12-10(11(17)9-7-5-4-6-8-9)13(19-2)16-14(15-12)20-3/h4-8,11,17H,1-3H3. The fraction of sp³-hybridized carbons (Fsp3) is 0.286.